The molecular formula is C17H21N3O8S. The van der Waals surface area contributed by atoms with Crippen molar-refractivity contribution in [2.24, 2.45) is 5.10 Å². The minimum atomic E-state index is -3.41. The van der Waals surface area contributed by atoms with E-state index in [9.17, 15) is 38.1 Å². The van der Waals surface area contributed by atoms with Crippen molar-refractivity contribution >= 4 is 34.7 Å². The molecule has 12 heteroatoms. The van der Waals surface area contributed by atoms with E-state index in [2.05, 4.69) is 5.10 Å². The molecule has 158 valence electrons. The molecule has 1 aliphatic heterocycles. The summed E-state index contributed by atoms with van der Waals surface area (Å²) in [5, 5.41) is 32.9. The maximum atomic E-state index is 12.4. The van der Waals surface area contributed by atoms with Crippen LogP contribution in [0.5, 0.6) is 11.5 Å². The van der Waals surface area contributed by atoms with Gasteiger partial charge in [-0.3, -0.25) is 9.59 Å². The van der Waals surface area contributed by atoms with Gasteiger partial charge in [0.05, 0.1) is 0 Å². The van der Waals surface area contributed by atoms with E-state index >= 15 is 0 Å². The number of phenolic OH excluding ortho intramolecular Hbond substituents is 2. The molecular weight excluding hydrogens is 406 g/mol. The number of rotatable bonds is 7. The average molecular weight is 427 g/mol. The zero-order valence-corrected chi connectivity index (χ0v) is 16.7. The van der Waals surface area contributed by atoms with E-state index in [1.165, 1.54) is 13.1 Å². The minimum Gasteiger partial charge on any atom is -0.504 e. The molecule has 0 aromatic heterocycles. The van der Waals surface area contributed by atoms with Gasteiger partial charge in [0.25, 0.3) is 5.91 Å². The number of hydrogen-bond donors (Lipinski definition) is 4. The van der Waals surface area contributed by atoms with Crippen molar-refractivity contribution in [3.05, 3.63) is 23.8 Å². The number of nitrogens with zero attached hydrogens (tertiary/aromatic N) is 3. The molecule has 1 saturated heterocycles. The summed E-state index contributed by atoms with van der Waals surface area (Å²) < 4.78 is 21.8. The molecule has 0 aliphatic carbocycles. The monoisotopic (exact) mass is 427 g/mol. The number of carboxylic acid groups (broad SMARTS) is 1. The number of carboxylic acids is 1. The van der Waals surface area contributed by atoms with E-state index in [0.717, 1.165) is 35.2 Å². The molecule has 0 radical (unpaired) electrons. The number of likely N-dealkylation sites (tertiary alicyclic amines) is 1. The number of phenols is 2. The first-order valence-corrected chi connectivity index (χ1v) is 9.61. The van der Waals surface area contributed by atoms with Gasteiger partial charge in [0, 0.05) is 31.3 Å². The first-order valence-electron chi connectivity index (χ1n) is 8.43. The van der Waals surface area contributed by atoms with Crippen LogP contribution >= 0.6 is 0 Å². The molecule has 1 aromatic carbocycles. The normalized spacial score (nSPS) is 19.7. The summed E-state index contributed by atoms with van der Waals surface area (Å²) in [4.78, 5) is 37.0. The lowest BCUT2D eigenvalue weighted by Gasteiger charge is -2.45. The Hall–Kier alpha value is -3.15. The lowest BCUT2D eigenvalue weighted by Crippen LogP contribution is -2.66. The number of benzene rings is 1. The van der Waals surface area contributed by atoms with E-state index in [0.29, 0.717) is 0 Å². The van der Waals surface area contributed by atoms with Gasteiger partial charge in [0.2, 0.25) is 5.91 Å². The molecule has 0 bridgehead atoms. The summed E-state index contributed by atoms with van der Waals surface area (Å²) >= 11 is 0. The van der Waals surface area contributed by atoms with Crippen LogP contribution in [0.4, 0.5) is 0 Å². The van der Waals surface area contributed by atoms with Gasteiger partial charge in [-0.05, 0) is 32.0 Å². The fraction of sp³-hybridized carbons (Fsp3) is 0.412. The Morgan fingerprint density at radius 3 is 2.41 bits per heavy atom. The van der Waals surface area contributed by atoms with Crippen molar-refractivity contribution in [1.29, 1.82) is 0 Å². The standard InChI is InChI=1S/C17H21N3O8S/c1-9-6-13(23)20(9)14(16(25)26)17(2,29(27)28)8-18-19(3)15(24)10-4-5-11(21)12(22)7-10/h4-5,7-9,14,21-22,29H,6H2,1-3H3,(H,25,26)/b18-8+/t9-,14+,17+/m1/s1. The van der Waals surface area contributed by atoms with Gasteiger partial charge in [0.15, 0.2) is 28.2 Å². The smallest absolute Gasteiger partial charge is 0.328 e. The summed E-state index contributed by atoms with van der Waals surface area (Å²) in [6.45, 7) is 2.70. The van der Waals surface area contributed by atoms with Crippen LogP contribution in [0.2, 0.25) is 0 Å². The first kappa shape index (κ1) is 22.1. The molecule has 29 heavy (non-hydrogen) atoms. The fourth-order valence-corrected chi connectivity index (χ4v) is 3.54. The van der Waals surface area contributed by atoms with Crippen LogP contribution in [-0.4, -0.2) is 81.5 Å². The zero-order chi connectivity index (χ0) is 22.1. The molecule has 0 spiro atoms. The second kappa shape index (κ2) is 8.07. The molecule has 1 heterocycles. The van der Waals surface area contributed by atoms with Crippen LogP contribution in [-0.2, 0) is 20.3 Å². The van der Waals surface area contributed by atoms with Gasteiger partial charge in [-0.2, -0.15) is 5.10 Å². The van der Waals surface area contributed by atoms with E-state index < -0.39 is 56.8 Å². The third-order valence-electron chi connectivity index (χ3n) is 4.70. The maximum Gasteiger partial charge on any atom is 0.328 e. The Kier molecular flexibility index (Phi) is 6.16. The lowest BCUT2D eigenvalue weighted by atomic mass is 9.92. The topological polar surface area (TPSA) is 165 Å². The van der Waals surface area contributed by atoms with Crippen LogP contribution in [0.25, 0.3) is 0 Å². The zero-order valence-electron chi connectivity index (χ0n) is 15.8. The summed E-state index contributed by atoms with van der Waals surface area (Å²) in [5.41, 5.74) is -0.0468. The number of thiol groups is 1. The molecule has 2 amide bonds. The fourth-order valence-electron chi connectivity index (χ4n) is 2.96. The maximum absolute atomic E-state index is 12.4. The number of carbonyl (C=O) groups is 3. The number of carbonyl (C=O) groups excluding carboxylic acids is 2. The molecule has 0 saturated carbocycles. The first-order chi connectivity index (χ1) is 13.4. The summed E-state index contributed by atoms with van der Waals surface area (Å²) in [5.74, 6) is -3.72. The van der Waals surface area contributed by atoms with Gasteiger partial charge in [-0.1, -0.05) is 0 Å². The molecule has 1 aromatic rings. The van der Waals surface area contributed by atoms with Crippen LogP contribution in [0, 0.1) is 0 Å². The molecule has 11 nitrogen and oxygen atoms in total. The van der Waals surface area contributed by atoms with Gasteiger partial charge in [0.1, 0.15) is 4.75 Å². The van der Waals surface area contributed by atoms with Gasteiger partial charge >= 0.3 is 5.97 Å². The van der Waals surface area contributed by atoms with Crippen LogP contribution in [0.15, 0.2) is 23.3 Å². The van der Waals surface area contributed by atoms with Gasteiger partial charge in [-0.15, -0.1) is 0 Å². The average Bonchev–Trinajstić information content (AvgIpc) is 2.64. The molecule has 3 N–H and O–H groups in total. The third kappa shape index (κ3) is 4.16. The predicted octanol–water partition coefficient (Wildman–Crippen LogP) is -0.400. The van der Waals surface area contributed by atoms with Crippen molar-refractivity contribution in [2.45, 2.75) is 37.1 Å². The van der Waals surface area contributed by atoms with Crippen molar-refractivity contribution < 1.29 is 38.1 Å². The third-order valence-corrected chi connectivity index (χ3v) is 5.85. The quantitative estimate of drug-likeness (QED) is 0.150. The molecule has 1 fully saturated rings. The van der Waals surface area contributed by atoms with Crippen molar-refractivity contribution in [3.8, 4) is 11.5 Å². The Morgan fingerprint density at radius 1 is 1.34 bits per heavy atom. The van der Waals surface area contributed by atoms with Crippen molar-refractivity contribution in [1.82, 2.24) is 9.91 Å². The second-order valence-electron chi connectivity index (χ2n) is 6.85. The molecule has 2 rings (SSSR count). The molecule has 1 aliphatic rings. The summed E-state index contributed by atoms with van der Waals surface area (Å²) in [6.07, 6.45) is 0.906. The molecule has 3 atom stereocenters. The second-order valence-corrected chi connectivity index (χ2v) is 8.33. The van der Waals surface area contributed by atoms with E-state index in [1.807, 2.05) is 0 Å². The SMILES string of the molecule is C[C@@H]1CC(=O)N1[C@@H](C(=O)O)[C@](C)(/C=N/N(C)C(=O)c1ccc(O)c(O)c1)[SH](=O)=O. The van der Waals surface area contributed by atoms with Crippen LogP contribution in [0.1, 0.15) is 30.6 Å². The summed E-state index contributed by atoms with van der Waals surface area (Å²) in [7, 11) is -2.21. The van der Waals surface area contributed by atoms with Crippen molar-refractivity contribution in [3.63, 3.8) is 0 Å². The van der Waals surface area contributed by atoms with E-state index in [1.54, 1.807) is 6.92 Å². The number of hydrazone groups is 1. The Balaban J connectivity index is 2.35. The number of aromatic hydroxyl groups is 2. The van der Waals surface area contributed by atoms with Gasteiger partial charge in [-0.25, -0.2) is 18.2 Å². The molecule has 0 unspecified atom stereocenters. The highest BCUT2D eigenvalue weighted by atomic mass is 32.2. The highest BCUT2D eigenvalue weighted by molar-refractivity contribution is 7.75. The Morgan fingerprint density at radius 2 is 1.97 bits per heavy atom. The van der Waals surface area contributed by atoms with Gasteiger partial charge < -0.3 is 20.2 Å². The largest absolute Gasteiger partial charge is 0.504 e. The predicted molar refractivity (Wildman–Crippen MR) is 101 cm³/mol. The lowest BCUT2D eigenvalue weighted by molar-refractivity contribution is -0.161. The van der Waals surface area contributed by atoms with E-state index in [-0.39, 0.29) is 12.0 Å². The minimum absolute atomic E-state index is 0.0468. The highest BCUT2D eigenvalue weighted by Gasteiger charge is 2.52. The van der Waals surface area contributed by atoms with Crippen LogP contribution < -0.4 is 0 Å². The number of amides is 2. The van der Waals surface area contributed by atoms with E-state index in [4.69, 9.17) is 0 Å². The number of aliphatic carboxylic acids is 1. The highest BCUT2D eigenvalue weighted by Crippen LogP contribution is 2.30. The number of hydrogen-bond acceptors (Lipinski definition) is 8. The Bertz CT molecular complexity index is 952. The van der Waals surface area contributed by atoms with Crippen LogP contribution in [0.3, 0.4) is 0 Å². The summed E-state index contributed by atoms with van der Waals surface area (Å²) in [6, 6.07) is 1.14. The van der Waals surface area contributed by atoms with Crippen molar-refractivity contribution in [2.75, 3.05) is 7.05 Å². The Labute approximate surface area is 167 Å². The number of β-lactam (4-membered cyclic amide) rings is 1.